The van der Waals surface area contributed by atoms with Gasteiger partial charge in [0.2, 0.25) is 0 Å². The summed E-state index contributed by atoms with van der Waals surface area (Å²) >= 11 is 0. The Hall–Kier alpha value is -1.78. The number of hydrogen-bond acceptors (Lipinski definition) is 1. The molecule has 0 bridgehead atoms. The number of carboxylic acids is 1. The lowest BCUT2D eigenvalue weighted by molar-refractivity contribution is -0.144. The second-order valence-electron chi connectivity index (χ2n) is 2.77. The third kappa shape index (κ3) is 3.12. The van der Waals surface area contributed by atoms with Gasteiger partial charge in [-0.15, -0.1) is 0 Å². The number of hydrogen-bond donors (Lipinski definition) is 1. The molecule has 0 aliphatic heterocycles. The van der Waals surface area contributed by atoms with E-state index >= 15 is 0 Å². The van der Waals surface area contributed by atoms with Gasteiger partial charge in [-0.25, -0.2) is 4.79 Å². The normalized spacial score (nSPS) is 12.6. The van der Waals surface area contributed by atoms with Crippen molar-refractivity contribution in [2.45, 2.75) is 6.18 Å². The van der Waals surface area contributed by atoms with Crippen LogP contribution in [0.5, 0.6) is 0 Å². The second kappa shape index (κ2) is 4.16. The summed E-state index contributed by atoms with van der Waals surface area (Å²) in [5.74, 6) is -1.98. The van der Waals surface area contributed by atoms with Gasteiger partial charge >= 0.3 is 12.1 Å². The van der Waals surface area contributed by atoms with Gasteiger partial charge in [0.15, 0.2) is 0 Å². The summed E-state index contributed by atoms with van der Waals surface area (Å²) in [4.78, 5) is 10.4. The van der Waals surface area contributed by atoms with Crippen LogP contribution in [-0.2, 0) is 4.79 Å². The summed E-state index contributed by atoms with van der Waals surface area (Å²) in [6.07, 6.45) is -4.25. The van der Waals surface area contributed by atoms with Crippen LogP contribution in [0.2, 0.25) is 0 Å². The zero-order chi connectivity index (χ0) is 11.5. The van der Waals surface area contributed by atoms with Crippen molar-refractivity contribution in [3.63, 3.8) is 0 Å². The van der Waals surface area contributed by atoms with Crippen molar-refractivity contribution in [3.8, 4) is 0 Å². The van der Waals surface area contributed by atoms with Gasteiger partial charge in [0.1, 0.15) is 5.57 Å². The highest BCUT2D eigenvalue weighted by atomic mass is 19.4. The number of alkyl halides is 3. The van der Waals surface area contributed by atoms with E-state index in [9.17, 15) is 18.0 Å². The van der Waals surface area contributed by atoms with Gasteiger partial charge in [0.05, 0.1) is 0 Å². The fourth-order valence-electron chi connectivity index (χ4n) is 0.981. The Labute approximate surface area is 83.7 Å². The van der Waals surface area contributed by atoms with Gasteiger partial charge in [-0.2, -0.15) is 13.2 Å². The van der Waals surface area contributed by atoms with Crippen LogP contribution in [0, 0.1) is 0 Å². The van der Waals surface area contributed by atoms with E-state index in [1.165, 1.54) is 24.3 Å². The lowest BCUT2D eigenvalue weighted by Crippen LogP contribution is -2.19. The van der Waals surface area contributed by atoms with E-state index in [-0.39, 0.29) is 5.56 Å². The number of carboxylic acid groups (broad SMARTS) is 1. The maximum Gasteiger partial charge on any atom is 0.423 e. The minimum Gasteiger partial charge on any atom is -0.478 e. The van der Waals surface area contributed by atoms with E-state index in [2.05, 4.69) is 0 Å². The first-order valence-corrected chi connectivity index (χ1v) is 3.98. The molecule has 0 spiro atoms. The average Bonchev–Trinajstić information content (AvgIpc) is 2.13. The first kappa shape index (κ1) is 11.3. The predicted molar refractivity (Wildman–Crippen MR) is 48.1 cm³/mol. The van der Waals surface area contributed by atoms with Crippen LogP contribution >= 0.6 is 0 Å². The fourth-order valence-corrected chi connectivity index (χ4v) is 0.981. The van der Waals surface area contributed by atoms with Gasteiger partial charge in [-0.1, -0.05) is 30.3 Å². The fraction of sp³-hybridized carbons (Fsp3) is 0.100. The zero-order valence-electron chi connectivity index (χ0n) is 7.45. The standard InChI is InChI=1S/C10H7F3O2/c11-10(12,13)8(9(14)15)6-7-4-2-1-3-5-7/h1-6H,(H,14,15)/b8-6+. The first-order chi connectivity index (χ1) is 6.91. The zero-order valence-corrected chi connectivity index (χ0v) is 7.45. The van der Waals surface area contributed by atoms with Crippen LogP contribution in [-0.4, -0.2) is 17.3 Å². The maximum atomic E-state index is 12.2. The number of halogens is 3. The number of carbonyl (C=O) groups is 1. The lowest BCUT2D eigenvalue weighted by atomic mass is 10.1. The molecule has 0 radical (unpaired) electrons. The van der Waals surface area contributed by atoms with Crippen molar-refractivity contribution in [1.29, 1.82) is 0 Å². The molecule has 0 atom stereocenters. The summed E-state index contributed by atoms with van der Waals surface area (Å²) in [7, 11) is 0. The summed E-state index contributed by atoms with van der Waals surface area (Å²) in [5.41, 5.74) is -1.37. The van der Waals surface area contributed by atoms with Gasteiger partial charge in [-0.3, -0.25) is 0 Å². The second-order valence-corrected chi connectivity index (χ2v) is 2.77. The molecule has 0 aliphatic rings. The van der Waals surface area contributed by atoms with Crippen LogP contribution in [0.1, 0.15) is 5.56 Å². The molecule has 15 heavy (non-hydrogen) atoms. The molecule has 0 aromatic heterocycles. The van der Waals surface area contributed by atoms with E-state index < -0.39 is 17.7 Å². The lowest BCUT2D eigenvalue weighted by Gasteiger charge is -2.06. The van der Waals surface area contributed by atoms with Crippen molar-refractivity contribution in [2.75, 3.05) is 0 Å². The van der Waals surface area contributed by atoms with Crippen molar-refractivity contribution in [2.24, 2.45) is 0 Å². The van der Waals surface area contributed by atoms with E-state index in [0.717, 1.165) is 0 Å². The molecule has 1 N–H and O–H groups in total. The highest BCUT2D eigenvalue weighted by Gasteiger charge is 2.38. The predicted octanol–water partition coefficient (Wildman–Crippen LogP) is 2.72. The molecule has 0 fully saturated rings. The molecule has 5 heteroatoms. The number of benzene rings is 1. The van der Waals surface area contributed by atoms with Crippen molar-refractivity contribution >= 4 is 12.0 Å². The Morgan fingerprint density at radius 3 is 2.13 bits per heavy atom. The van der Waals surface area contributed by atoms with E-state index in [1.54, 1.807) is 6.07 Å². The Kier molecular flexibility index (Phi) is 3.14. The smallest absolute Gasteiger partial charge is 0.423 e. The third-order valence-electron chi connectivity index (χ3n) is 1.65. The van der Waals surface area contributed by atoms with Crippen LogP contribution in [0.3, 0.4) is 0 Å². The SMILES string of the molecule is O=C(O)/C(=C\c1ccccc1)C(F)(F)F. The topological polar surface area (TPSA) is 37.3 Å². The van der Waals surface area contributed by atoms with Gasteiger partial charge in [0.25, 0.3) is 0 Å². The van der Waals surface area contributed by atoms with E-state index in [4.69, 9.17) is 5.11 Å². The molecule has 1 aromatic carbocycles. The third-order valence-corrected chi connectivity index (χ3v) is 1.65. The van der Waals surface area contributed by atoms with Crippen LogP contribution in [0.25, 0.3) is 6.08 Å². The quantitative estimate of drug-likeness (QED) is 0.771. The Balaban J connectivity index is 3.12. The molecule has 1 aromatic rings. The summed E-state index contributed by atoms with van der Waals surface area (Å²) in [5, 5.41) is 8.38. The molecule has 0 saturated carbocycles. The minimum absolute atomic E-state index is 0.201. The number of aliphatic carboxylic acids is 1. The average molecular weight is 216 g/mol. The minimum atomic E-state index is -4.85. The molecule has 0 saturated heterocycles. The van der Waals surface area contributed by atoms with Crippen molar-refractivity contribution in [1.82, 2.24) is 0 Å². The Bertz CT molecular complexity index is 379. The molecule has 0 unspecified atom stereocenters. The largest absolute Gasteiger partial charge is 0.478 e. The summed E-state index contributed by atoms with van der Waals surface area (Å²) in [6.45, 7) is 0. The van der Waals surface area contributed by atoms with Gasteiger partial charge in [-0.05, 0) is 11.6 Å². The molecule has 0 heterocycles. The van der Waals surface area contributed by atoms with Gasteiger partial charge < -0.3 is 5.11 Å². The maximum absolute atomic E-state index is 12.2. The molecule has 2 nitrogen and oxygen atoms in total. The highest BCUT2D eigenvalue weighted by Crippen LogP contribution is 2.27. The first-order valence-electron chi connectivity index (χ1n) is 3.98. The van der Waals surface area contributed by atoms with E-state index in [0.29, 0.717) is 6.08 Å². The highest BCUT2D eigenvalue weighted by molar-refractivity contribution is 5.93. The van der Waals surface area contributed by atoms with Crippen LogP contribution in [0.15, 0.2) is 35.9 Å². The molecular weight excluding hydrogens is 209 g/mol. The van der Waals surface area contributed by atoms with E-state index in [1.807, 2.05) is 0 Å². The van der Waals surface area contributed by atoms with Crippen molar-refractivity contribution in [3.05, 3.63) is 41.5 Å². The monoisotopic (exact) mass is 216 g/mol. The summed E-state index contributed by atoms with van der Waals surface area (Å²) < 4.78 is 36.6. The van der Waals surface area contributed by atoms with Gasteiger partial charge in [0, 0.05) is 0 Å². The Morgan fingerprint density at radius 2 is 1.73 bits per heavy atom. The molecule has 0 aliphatic carbocycles. The van der Waals surface area contributed by atoms with Crippen LogP contribution in [0.4, 0.5) is 13.2 Å². The van der Waals surface area contributed by atoms with Crippen molar-refractivity contribution < 1.29 is 23.1 Å². The molecule has 1 rings (SSSR count). The molecule has 0 amide bonds. The van der Waals surface area contributed by atoms with Crippen LogP contribution < -0.4 is 0 Å². The summed E-state index contributed by atoms with van der Waals surface area (Å²) in [6, 6.07) is 7.48. The Morgan fingerprint density at radius 1 is 1.20 bits per heavy atom. The molecule has 80 valence electrons. The number of rotatable bonds is 2. The molecular formula is C10H7F3O2.